The van der Waals surface area contributed by atoms with Crippen LogP contribution in [0.4, 0.5) is 10.5 Å². The minimum absolute atomic E-state index is 0.0136. The van der Waals surface area contributed by atoms with E-state index < -0.39 is 0 Å². The van der Waals surface area contributed by atoms with Crippen LogP contribution in [0.25, 0.3) is 5.69 Å². The number of nitrogens with zero attached hydrogens (tertiary/aromatic N) is 5. The molecule has 2 aromatic heterocycles. The van der Waals surface area contributed by atoms with Gasteiger partial charge < -0.3 is 10.2 Å². The van der Waals surface area contributed by atoms with Crippen LogP contribution < -0.4 is 5.32 Å². The number of nitrogens with one attached hydrogen (secondary N) is 1. The highest BCUT2D eigenvalue weighted by Gasteiger charge is 2.18. The molecular weight excluding hydrogens is 352 g/mol. The largest absolute Gasteiger partial charge is 0.324 e. The molecular formula is C21H26N6O. The SMILES string of the molecule is CCc1ccc(-n2cnnc2)cc1NC(=O)N(C)[C@H](C)Cc1ncccc1C. The first-order valence-corrected chi connectivity index (χ1v) is 9.41. The number of hydrogen-bond donors (Lipinski definition) is 1. The average molecular weight is 378 g/mol. The van der Waals surface area contributed by atoms with Crippen molar-refractivity contribution >= 4 is 11.7 Å². The molecule has 2 heterocycles. The Hall–Kier alpha value is -3.22. The van der Waals surface area contributed by atoms with Gasteiger partial charge in [-0.2, -0.15) is 0 Å². The molecule has 7 heteroatoms. The summed E-state index contributed by atoms with van der Waals surface area (Å²) in [5.41, 5.74) is 4.92. The molecule has 3 rings (SSSR count). The summed E-state index contributed by atoms with van der Waals surface area (Å²) in [7, 11) is 1.81. The lowest BCUT2D eigenvalue weighted by Gasteiger charge is -2.26. The van der Waals surface area contributed by atoms with Crippen LogP contribution in [-0.4, -0.2) is 43.8 Å². The third-order valence-corrected chi connectivity index (χ3v) is 5.02. The standard InChI is InChI=1S/C21H26N6O/c1-5-17-8-9-18(27-13-23-24-14-27)12-20(17)25-21(28)26(4)16(3)11-19-15(2)7-6-10-22-19/h6-10,12-14,16H,5,11H2,1-4H3,(H,25,28)/t16-/m1/s1. The van der Waals surface area contributed by atoms with Crippen LogP contribution in [0, 0.1) is 6.92 Å². The van der Waals surface area contributed by atoms with E-state index in [4.69, 9.17) is 0 Å². The molecule has 0 saturated heterocycles. The quantitative estimate of drug-likeness (QED) is 0.711. The van der Waals surface area contributed by atoms with Gasteiger partial charge >= 0.3 is 6.03 Å². The van der Waals surface area contributed by atoms with E-state index in [-0.39, 0.29) is 12.1 Å². The highest BCUT2D eigenvalue weighted by molar-refractivity contribution is 5.90. The Morgan fingerprint density at radius 1 is 1.25 bits per heavy atom. The maximum atomic E-state index is 12.9. The number of aryl methyl sites for hydroxylation is 2. The Morgan fingerprint density at radius 3 is 2.68 bits per heavy atom. The average Bonchev–Trinajstić information content (AvgIpc) is 3.24. The molecule has 0 fully saturated rings. The van der Waals surface area contributed by atoms with Gasteiger partial charge in [-0.25, -0.2) is 4.79 Å². The molecule has 1 aromatic carbocycles. The van der Waals surface area contributed by atoms with Gasteiger partial charge in [0.25, 0.3) is 0 Å². The minimum Gasteiger partial charge on any atom is -0.324 e. The second-order valence-corrected chi connectivity index (χ2v) is 6.93. The molecule has 3 aromatic rings. The lowest BCUT2D eigenvalue weighted by atomic mass is 10.1. The fourth-order valence-corrected chi connectivity index (χ4v) is 3.04. The fraction of sp³-hybridized carbons (Fsp3) is 0.333. The zero-order valence-electron chi connectivity index (χ0n) is 16.8. The van der Waals surface area contributed by atoms with Gasteiger partial charge in [0, 0.05) is 37.1 Å². The van der Waals surface area contributed by atoms with Crippen molar-refractivity contribution in [2.75, 3.05) is 12.4 Å². The number of likely N-dealkylation sites (N-methyl/N-ethyl adjacent to an activating group) is 1. The first kappa shape index (κ1) is 19.5. The molecule has 0 aliphatic rings. The van der Waals surface area contributed by atoms with E-state index in [1.54, 1.807) is 23.8 Å². The second kappa shape index (κ2) is 8.65. The Kier molecular flexibility index (Phi) is 6.03. The topological polar surface area (TPSA) is 75.9 Å². The molecule has 0 spiro atoms. The number of amides is 2. The van der Waals surface area contributed by atoms with Crippen molar-refractivity contribution in [3.05, 3.63) is 66.0 Å². The zero-order valence-corrected chi connectivity index (χ0v) is 16.8. The van der Waals surface area contributed by atoms with Crippen molar-refractivity contribution < 1.29 is 4.79 Å². The van der Waals surface area contributed by atoms with E-state index in [1.807, 2.05) is 55.8 Å². The number of rotatable bonds is 6. The number of urea groups is 1. The van der Waals surface area contributed by atoms with Crippen molar-refractivity contribution in [2.45, 2.75) is 39.7 Å². The van der Waals surface area contributed by atoms with Crippen LogP contribution in [-0.2, 0) is 12.8 Å². The second-order valence-electron chi connectivity index (χ2n) is 6.93. The van der Waals surface area contributed by atoms with Gasteiger partial charge in [0.05, 0.1) is 5.69 Å². The van der Waals surface area contributed by atoms with Gasteiger partial charge in [-0.1, -0.05) is 19.1 Å². The van der Waals surface area contributed by atoms with Crippen LogP contribution >= 0.6 is 0 Å². The summed E-state index contributed by atoms with van der Waals surface area (Å²) in [6, 6.07) is 9.80. The predicted octanol–water partition coefficient (Wildman–Crippen LogP) is 3.63. The Morgan fingerprint density at radius 2 is 2.00 bits per heavy atom. The summed E-state index contributed by atoms with van der Waals surface area (Å²) in [6.07, 6.45) is 6.59. The summed E-state index contributed by atoms with van der Waals surface area (Å²) in [5, 5.41) is 10.7. The maximum Gasteiger partial charge on any atom is 0.321 e. The Labute approximate surface area is 165 Å². The van der Waals surface area contributed by atoms with Gasteiger partial charge in [0.15, 0.2) is 0 Å². The highest BCUT2D eigenvalue weighted by atomic mass is 16.2. The number of carbonyl (C=O) groups is 1. The molecule has 7 nitrogen and oxygen atoms in total. The lowest BCUT2D eigenvalue weighted by molar-refractivity contribution is 0.207. The van der Waals surface area contributed by atoms with Gasteiger partial charge in [0.1, 0.15) is 12.7 Å². The van der Waals surface area contributed by atoms with Crippen molar-refractivity contribution in [1.29, 1.82) is 0 Å². The van der Waals surface area contributed by atoms with Gasteiger partial charge in [-0.15, -0.1) is 10.2 Å². The molecule has 146 valence electrons. The van der Waals surface area contributed by atoms with Crippen LogP contribution in [0.2, 0.25) is 0 Å². The molecule has 28 heavy (non-hydrogen) atoms. The summed E-state index contributed by atoms with van der Waals surface area (Å²) >= 11 is 0. The van der Waals surface area contributed by atoms with Crippen molar-refractivity contribution in [1.82, 2.24) is 24.6 Å². The summed E-state index contributed by atoms with van der Waals surface area (Å²) in [6.45, 7) is 6.14. The number of anilines is 1. The lowest BCUT2D eigenvalue weighted by Crippen LogP contribution is -2.39. The molecule has 0 aliphatic heterocycles. The summed E-state index contributed by atoms with van der Waals surface area (Å²) in [4.78, 5) is 19.0. The summed E-state index contributed by atoms with van der Waals surface area (Å²) < 4.78 is 1.81. The number of benzene rings is 1. The van der Waals surface area contributed by atoms with E-state index in [0.29, 0.717) is 6.42 Å². The molecule has 1 atom stereocenters. The van der Waals surface area contributed by atoms with Crippen molar-refractivity contribution in [2.24, 2.45) is 0 Å². The highest BCUT2D eigenvalue weighted by Crippen LogP contribution is 2.22. The van der Waals surface area contributed by atoms with Crippen LogP contribution in [0.15, 0.2) is 49.2 Å². The zero-order chi connectivity index (χ0) is 20.1. The van der Waals surface area contributed by atoms with Crippen molar-refractivity contribution in [3.63, 3.8) is 0 Å². The minimum atomic E-state index is -0.142. The number of aromatic nitrogens is 4. The van der Waals surface area contributed by atoms with E-state index >= 15 is 0 Å². The molecule has 0 radical (unpaired) electrons. The van der Waals surface area contributed by atoms with Gasteiger partial charge in [0.2, 0.25) is 0 Å². The van der Waals surface area contributed by atoms with E-state index in [0.717, 1.165) is 34.6 Å². The maximum absolute atomic E-state index is 12.9. The number of pyridine rings is 1. The molecule has 2 amide bonds. The molecule has 0 saturated carbocycles. The third-order valence-electron chi connectivity index (χ3n) is 5.02. The Balaban J connectivity index is 1.74. The van der Waals surface area contributed by atoms with E-state index in [2.05, 4.69) is 27.4 Å². The van der Waals surface area contributed by atoms with Crippen LogP contribution in [0.5, 0.6) is 0 Å². The number of carbonyl (C=O) groups excluding carboxylic acids is 1. The fourth-order valence-electron chi connectivity index (χ4n) is 3.04. The van der Waals surface area contributed by atoms with Crippen LogP contribution in [0.3, 0.4) is 0 Å². The monoisotopic (exact) mass is 378 g/mol. The third kappa shape index (κ3) is 4.36. The van der Waals surface area contributed by atoms with Gasteiger partial charge in [-0.3, -0.25) is 9.55 Å². The van der Waals surface area contributed by atoms with Crippen molar-refractivity contribution in [3.8, 4) is 5.69 Å². The Bertz CT molecular complexity index is 938. The van der Waals surface area contributed by atoms with E-state index in [1.165, 1.54) is 0 Å². The summed E-state index contributed by atoms with van der Waals surface area (Å²) in [5.74, 6) is 0. The van der Waals surface area contributed by atoms with Gasteiger partial charge in [-0.05, 0) is 49.6 Å². The molecule has 0 bridgehead atoms. The first-order valence-electron chi connectivity index (χ1n) is 9.41. The smallest absolute Gasteiger partial charge is 0.321 e. The molecule has 1 N–H and O–H groups in total. The normalized spacial score (nSPS) is 11.9. The predicted molar refractivity (Wildman–Crippen MR) is 110 cm³/mol. The van der Waals surface area contributed by atoms with E-state index in [9.17, 15) is 4.79 Å². The number of hydrogen-bond acceptors (Lipinski definition) is 4. The molecule has 0 unspecified atom stereocenters. The molecule has 0 aliphatic carbocycles. The van der Waals surface area contributed by atoms with Crippen LogP contribution in [0.1, 0.15) is 30.7 Å². The first-order chi connectivity index (χ1) is 13.5.